The van der Waals surface area contributed by atoms with E-state index in [1.165, 1.54) is 50.4 Å². The number of benzene rings is 2. The Hall–Kier alpha value is -4.28. The molecule has 3 aromatic rings. The Morgan fingerprint density at radius 2 is 1.87 bits per heavy atom. The molecule has 0 aliphatic heterocycles. The van der Waals surface area contributed by atoms with Gasteiger partial charge in [0.15, 0.2) is 30.5 Å². The van der Waals surface area contributed by atoms with Crippen LogP contribution >= 0.6 is 0 Å². The van der Waals surface area contributed by atoms with E-state index in [1.807, 2.05) is 0 Å². The number of carbonyl (C=O) groups excluding carboxylic acids is 2. The number of rotatable bonds is 9. The van der Waals surface area contributed by atoms with Crippen molar-refractivity contribution < 1.29 is 33.2 Å². The minimum absolute atomic E-state index is 0.0464. The fourth-order valence-electron chi connectivity index (χ4n) is 2.49. The van der Waals surface area contributed by atoms with Crippen molar-refractivity contribution in [1.82, 2.24) is 10.1 Å². The number of methoxy groups -OCH3 is 1. The van der Waals surface area contributed by atoms with Crippen LogP contribution in [0.1, 0.15) is 23.2 Å². The molecule has 0 saturated heterocycles. The number of aromatic nitrogens is 2. The average molecular weight is 427 g/mol. The molecule has 0 bridgehead atoms. The molecule has 0 amide bonds. The molecule has 0 saturated carbocycles. The van der Waals surface area contributed by atoms with Crippen molar-refractivity contribution in [3.63, 3.8) is 0 Å². The van der Waals surface area contributed by atoms with Crippen molar-refractivity contribution >= 4 is 17.4 Å². The lowest BCUT2D eigenvalue weighted by Crippen LogP contribution is -2.15. The Kier molecular flexibility index (Phi) is 6.55. The van der Waals surface area contributed by atoms with E-state index in [0.29, 0.717) is 16.9 Å². The molecule has 0 spiro atoms. The number of esters is 1. The quantitative estimate of drug-likeness (QED) is 0.216. The molecular formula is C20H17N3O8. The summed E-state index contributed by atoms with van der Waals surface area (Å²) in [7, 11) is 1.42. The molecule has 0 N–H and O–H groups in total. The summed E-state index contributed by atoms with van der Waals surface area (Å²) in [4.78, 5) is 37.6. The Morgan fingerprint density at radius 3 is 2.52 bits per heavy atom. The summed E-state index contributed by atoms with van der Waals surface area (Å²) in [6.45, 7) is 0.749. The maximum atomic E-state index is 11.9. The van der Waals surface area contributed by atoms with Gasteiger partial charge in [0.05, 0.1) is 12.0 Å². The summed E-state index contributed by atoms with van der Waals surface area (Å²) in [5, 5.41) is 14.5. The van der Waals surface area contributed by atoms with Crippen LogP contribution in [0.25, 0.3) is 11.4 Å². The second kappa shape index (κ2) is 9.48. The molecular weight excluding hydrogens is 410 g/mol. The molecule has 0 aliphatic rings. The number of hydrogen-bond acceptors (Lipinski definition) is 10. The molecule has 11 heteroatoms. The number of carbonyl (C=O) groups is 2. The summed E-state index contributed by atoms with van der Waals surface area (Å²) in [6, 6.07) is 10.2. The molecule has 0 atom stereocenters. The monoisotopic (exact) mass is 427 g/mol. The van der Waals surface area contributed by atoms with Crippen LogP contribution in [-0.4, -0.2) is 40.5 Å². The highest BCUT2D eigenvalue weighted by molar-refractivity contribution is 5.94. The number of ether oxygens (including phenoxy) is 3. The average Bonchev–Trinajstić information content (AvgIpc) is 3.25. The molecule has 0 fully saturated rings. The molecule has 11 nitrogen and oxygen atoms in total. The van der Waals surface area contributed by atoms with Gasteiger partial charge in [-0.3, -0.25) is 14.9 Å². The van der Waals surface area contributed by atoms with Gasteiger partial charge in [-0.1, -0.05) is 5.16 Å². The van der Waals surface area contributed by atoms with E-state index in [-0.39, 0.29) is 35.5 Å². The smallest absolute Gasteiger partial charge is 0.344 e. The number of Topliss-reactive ketones (excluding diaryl/α,β-unsaturated/α-hetero) is 1. The van der Waals surface area contributed by atoms with Gasteiger partial charge >= 0.3 is 5.97 Å². The van der Waals surface area contributed by atoms with Crippen LogP contribution < -0.4 is 9.47 Å². The van der Waals surface area contributed by atoms with Crippen LogP contribution in [0.4, 0.5) is 5.69 Å². The van der Waals surface area contributed by atoms with Gasteiger partial charge in [0, 0.05) is 23.3 Å². The van der Waals surface area contributed by atoms with Gasteiger partial charge < -0.3 is 18.7 Å². The summed E-state index contributed by atoms with van der Waals surface area (Å²) in [6.07, 6.45) is 0. The Morgan fingerprint density at radius 1 is 1.13 bits per heavy atom. The maximum Gasteiger partial charge on any atom is 0.344 e. The van der Waals surface area contributed by atoms with Crippen molar-refractivity contribution in [3.8, 4) is 22.9 Å². The van der Waals surface area contributed by atoms with Crippen LogP contribution in [0.2, 0.25) is 0 Å². The first-order valence-corrected chi connectivity index (χ1v) is 8.92. The fourth-order valence-corrected chi connectivity index (χ4v) is 2.49. The largest absolute Gasteiger partial charge is 0.493 e. The van der Waals surface area contributed by atoms with Gasteiger partial charge in [0.2, 0.25) is 5.82 Å². The minimum atomic E-state index is -0.687. The van der Waals surface area contributed by atoms with E-state index in [0.717, 1.165) is 0 Å². The molecule has 0 unspecified atom stereocenters. The van der Waals surface area contributed by atoms with E-state index in [9.17, 15) is 19.7 Å². The number of nitro benzene ring substituents is 1. The molecule has 1 heterocycles. The van der Waals surface area contributed by atoms with Gasteiger partial charge in [-0.2, -0.15) is 4.98 Å². The molecule has 0 radical (unpaired) electrons. The first kappa shape index (κ1) is 21.4. The van der Waals surface area contributed by atoms with E-state index in [4.69, 9.17) is 18.7 Å². The Bertz CT molecular complexity index is 1110. The van der Waals surface area contributed by atoms with E-state index >= 15 is 0 Å². The van der Waals surface area contributed by atoms with E-state index < -0.39 is 17.5 Å². The van der Waals surface area contributed by atoms with Crippen molar-refractivity contribution in [2.75, 3.05) is 13.7 Å². The molecule has 31 heavy (non-hydrogen) atoms. The lowest BCUT2D eigenvalue weighted by atomic mass is 10.1. The van der Waals surface area contributed by atoms with Crippen LogP contribution in [0.3, 0.4) is 0 Å². The molecule has 3 rings (SSSR count). The highest BCUT2D eigenvalue weighted by Gasteiger charge is 2.14. The predicted octanol–water partition coefficient (Wildman–Crippen LogP) is 2.98. The third-order valence-electron chi connectivity index (χ3n) is 4.08. The van der Waals surface area contributed by atoms with Crippen molar-refractivity contribution in [2.24, 2.45) is 0 Å². The second-order valence-corrected chi connectivity index (χ2v) is 6.19. The number of hydrogen-bond donors (Lipinski definition) is 0. The van der Waals surface area contributed by atoms with Gasteiger partial charge in [-0.25, -0.2) is 4.79 Å². The Balaban J connectivity index is 1.53. The standard InChI is InChI=1S/C20H17N3O8/c1-12(24)14-5-8-16(17(9-14)28-2)29-11-19(25)30-10-18-21-20(22-31-18)13-3-6-15(7-4-13)23(26)27/h3-9H,10-11H2,1-2H3. The first-order valence-electron chi connectivity index (χ1n) is 8.92. The lowest BCUT2D eigenvalue weighted by molar-refractivity contribution is -0.384. The molecule has 2 aromatic carbocycles. The highest BCUT2D eigenvalue weighted by atomic mass is 16.6. The third-order valence-corrected chi connectivity index (χ3v) is 4.08. The van der Waals surface area contributed by atoms with E-state index in [2.05, 4.69) is 10.1 Å². The molecule has 160 valence electrons. The second-order valence-electron chi connectivity index (χ2n) is 6.19. The van der Waals surface area contributed by atoms with Crippen LogP contribution in [0.15, 0.2) is 47.0 Å². The number of nitrogens with zero attached hydrogens (tertiary/aromatic N) is 3. The predicted molar refractivity (Wildman–Crippen MR) is 105 cm³/mol. The Labute approximate surface area is 175 Å². The summed E-state index contributed by atoms with van der Waals surface area (Å²) < 4.78 is 20.6. The van der Waals surface area contributed by atoms with Crippen molar-refractivity contribution in [1.29, 1.82) is 0 Å². The number of nitro groups is 1. The van der Waals surface area contributed by atoms with Crippen LogP contribution in [0.5, 0.6) is 11.5 Å². The van der Waals surface area contributed by atoms with Crippen LogP contribution in [-0.2, 0) is 16.1 Å². The molecule has 1 aromatic heterocycles. The summed E-state index contributed by atoms with van der Waals surface area (Å²) in [5.41, 5.74) is 0.900. The molecule has 0 aliphatic carbocycles. The summed E-state index contributed by atoms with van der Waals surface area (Å²) >= 11 is 0. The van der Waals surface area contributed by atoms with Gasteiger partial charge in [0.25, 0.3) is 11.6 Å². The van der Waals surface area contributed by atoms with E-state index in [1.54, 1.807) is 6.07 Å². The minimum Gasteiger partial charge on any atom is -0.493 e. The zero-order chi connectivity index (χ0) is 22.4. The zero-order valence-electron chi connectivity index (χ0n) is 16.6. The number of ketones is 1. The SMILES string of the molecule is COc1cc(C(C)=O)ccc1OCC(=O)OCc1nc(-c2ccc([N+](=O)[O-])cc2)no1. The lowest BCUT2D eigenvalue weighted by Gasteiger charge is -2.11. The van der Waals surface area contributed by atoms with Gasteiger partial charge in [-0.15, -0.1) is 0 Å². The van der Waals surface area contributed by atoms with Gasteiger partial charge in [0.1, 0.15) is 0 Å². The first-order chi connectivity index (χ1) is 14.9. The highest BCUT2D eigenvalue weighted by Crippen LogP contribution is 2.28. The maximum absolute atomic E-state index is 11.9. The third kappa shape index (κ3) is 5.41. The number of non-ortho nitro benzene ring substituents is 1. The fraction of sp³-hybridized carbons (Fsp3) is 0.200. The zero-order valence-corrected chi connectivity index (χ0v) is 16.6. The van der Waals surface area contributed by atoms with Crippen LogP contribution in [0, 0.1) is 10.1 Å². The van der Waals surface area contributed by atoms with Crippen molar-refractivity contribution in [3.05, 3.63) is 64.0 Å². The summed E-state index contributed by atoms with van der Waals surface area (Å²) in [5.74, 6) is 0.0233. The van der Waals surface area contributed by atoms with Gasteiger partial charge in [-0.05, 0) is 37.3 Å². The topological polar surface area (TPSA) is 144 Å². The van der Waals surface area contributed by atoms with Crippen molar-refractivity contribution in [2.45, 2.75) is 13.5 Å². The normalized spacial score (nSPS) is 10.4.